The molecule has 1 aliphatic heterocycles. The van der Waals surface area contributed by atoms with E-state index in [2.05, 4.69) is 36.7 Å². The summed E-state index contributed by atoms with van der Waals surface area (Å²) in [5.41, 5.74) is 0.762. The van der Waals surface area contributed by atoms with Gasteiger partial charge in [0, 0.05) is 11.4 Å². The number of fused-ring (bicyclic) bond motifs is 2. The molecule has 0 bridgehead atoms. The fourth-order valence-electron chi connectivity index (χ4n) is 2.58. The molecule has 0 spiro atoms. The summed E-state index contributed by atoms with van der Waals surface area (Å²) >= 11 is 1.73. The molecule has 3 aromatic heterocycles. The van der Waals surface area contributed by atoms with E-state index in [9.17, 15) is 9.59 Å². The third-order valence-corrected chi connectivity index (χ3v) is 4.47. The average Bonchev–Trinajstić information content (AvgIpc) is 3.03. The summed E-state index contributed by atoms with van der Waals surface area (Å²) < 4.78 is 0. The van der Waals surface area contributed by atoms with E-state index in [1.807, 2.05) is 0 Å². The zero-order valence-corrected chi connectivity index (χ0v) is 11.1. The molecular weight excluding hydrogens is 278 g/mol. The lowest BCUT2D eigenvalue weighted by Crippen LogP contribution is -2.30. The van der Waals surface area contributed by atoms with Crippen LogP contribution in [-0.2, 0) is 6.42 Å². The number of H-pyrrole nitrogens is 3. The third kappa shape index (κ3) is 1.65. The van der Waals surface area contributed by atoms with Crippen LogP contribution in [0.15, 0.2) is 21.0 Å². The molecule has 1 aliphatic rings. The van der Waals surface area contributed by atoms with Gasteiger partial charge in [-0.05, 0) is 23.4 Å². The summed E-state index contributed by atoms with van der Waals surface area (Å²) in [5, 5.41) is 5.44. The maximum absolute atomic E-state index is 11.7. The number of imidazole rings is 1. The normalized spacial score (nSPS) is 18.3. The van der Waals surface area contributed by atoms with E-state index < -0.39 is 11.2 Å². The maximum atomic E-state index is 11.7. The SMILES string of the molecule is O=c1[nH]c(=O)c2[nH]c(C3NCCc4sccc43)nc2[nH]1. The first kappa shape index (κ1) is 11.6. The van der Waals surface area contributed by atoms with E-state index in [1.54, 1.807) is 11.3 Å². The molecule has 20 heavy (non-hydrogen) atoms. The topological polar surface area (TPSA) is 106 Å². The van der Waals surface area contributed by atoms with Crippen LogP contribution in [0.1, 0.15) is 22.3 Å². The molecule has 0 saturated carbocycles. The molecule has 4 rings (SSSR count). The van der Waals surface area contributed by atoms with Crippen LogP contribution in [0.4, 0.5) is 0 Å². The molecule has 0 saturated heterocycles. The first-order valence-corrected chi connectivity index (χ1v) is 7.12. The summed E-state index contributed by atoms with van der Waals surface area (Å²) in [6.45, 7) is 0.863. The highest BCUT2D eigenvalue weighted by molar-refractivity contribution is 7.10. The Hall–Kier alpha value is -2.19. The Morgan fingerprint density at radius 2 is 2.15 bits per heavy atom. The minimum absolute atomic E-state index is 0.0692. The minimum atomic E-state index is -0.548. The van der Waals surface area contributed by atoms with Gasteiger partial charge in [-0.15, -0.1) is 11.3 Å². The second-order valence-corrected chi connectivity index (χ2v) is 5.69. The van der Waals surface area contributed by atoms with Crippen molar-refractivity contribution in [3.63, 3.8) is 0 Å². The molecule has 8 heteroatoms. The Bertz CT molecular complexity index is 902. The van der Waals surface area contributed by atoms with Crippen molar-refractivity contribution in [1.82, 2.24) is 25.3 Å². The number of rotatable bonds is 1. The monoisotopic (exact) mass is 289 g/mol. The lowest BCUT2D eigenvalue weighted by atomic mass is 10.0. The standard InChI is InChI=1S/C12H11N5O2S/c18-11-8-10(16-12(19)17-11)15-9(14-8)7-5-2-4-20-6(5)1-3-13-7/h2,4,7,13H,1,3H2,(H3,14,15,16,17,18,19). The molecule has 4 heterocycles. The largest absolute Gasteiger partial charge is 0.334 e. The Morgan fingerprint density at radius 1 is 1.25 bits per heavy atom. The first-order valence-electron chi connectivity index (χ1n) is 6.24. The van der Waals surface area contributed by atoms with Crippen molar-refractivity contribution in [3.05, 3.63) is 48.5 Å². The van der Waals surface area contributed by atoms with Gasteiger partial charge in [0.2, 0.25) is 0 Å². The molecule has 0 fully saturated rings. The van der Waals surface area contributed by atoms with Crippen LogP contribution in [0, 0.1) is 0 Å². The smallest absolute Gasteiger partial charge is 0.327 e. The van der Waals surface area contributed by atoms with Crippen LogP contribution in [0.2, 0.25) is 0 Å². The molecule has 7 nitrogen and oxygen atoms in total. The third-order valence-electron chi connectivity index (χ3n) is 3.47. The van der Waals surface area contributed by atoms with Crippen molar-refractivity contribution < 1.29 is 0 Å². The van der Waals surface area contributed by atoms with Gasteiger partial charge in [0.1, 0.15) is 11.3 Å². The van der Waals surface area contributed by atoms with Crippen LogP contribution >= 0.6 is 11.3 Å². The second-order valence-electron chi connectivity index (χ2n) is 4.69. The van der Waals surface area contributed by atoms with Gasteiger partial charge in [-0.25, -0.2) is 9.78 Å². The molecule has 0 aromatic carbocycles. The number of nitrogens with one attached hydrogen (secondary N) is 4. The number of hydrogen-bond acceptors (Lipinski definition) is 5. The summed E-state index contributed by atoms with van der Waals surface area (Å²) in [5.74, 6) is 0.645. The fraction of sp³-hybridized carbons (Fsp3) is 0.250. The predicted molar refractivity (Wildman–Crippen MR) is 75.2 cm³/mol. The highest BCUT2D eigenvalue weighted by Gasteiger charge is 2.25. The van der Waals surface area contributed by atoms with Gasteiger partial charge >= 0.3 is 5.69 Å². The summed E-state index contributed by atoms with van der Waals surface area (Å²) in [6, 6.07) is 2.00. The molecular formula is C12H11N5O2S. The van der Waals surface area contributed by atoms with E-state index >= 15 is 0 Å². The number of thiophene rings is 1. The second kappa shape index (κ2) is 4.15. The summed E-state index contributed by atoms with van der Waals surface area (Å²) in [7, 11) is 0. The van der Waals surface area contributed by atoms with Gasteiger partial charge in [-0.1, -0.05) is 0 Å². The molecule has 0 aliphatic carbocycles. The van der Waals surface area contributed by atoms with Crippen LogP contribution in [-0.4, -0.2) is 26.5 Å². The summed E-state index contributed by atoms with van der Waals surface area (Å²) in [4.78, 5) is 36.4. The maximum Gasteiger partial charge on any atom is 0.327 e. The van der Waals surface area contributed by atoms with E-state index in [0.29, 0.717) is 11.3 Å². The number of aromatic amines is 3. The van der Waals surface area contributed by atoms with Crippen molar-refractivity contribution in [1.29, 1.82) is 0 Å². The van der Waals surface area contributed by atoms with E-state index in [1.165, 1.54) is 10.4 Å². The zero-order valence-electron chi connectivity index (χ0n) is 10.3. The van der Waals surface area contributed by atoms with E-state index in [-0.39, 0.29) is 11.7 Å². The number of nitrogens with zero attached hydrogens (tertiary/aromatic N) is 1. The zero-order chi connectivity index (χ0) is 13.7. The van der Waals surface area contributed by atoms with Crippen molar-refractivity contribution in [2.75, 3.05) is 6.54 Å². The first-order chi connectivity index (χ1) is 9.72. The predicted octanol–water partition coefficient (Wildman–Crippen LogP) is 0.236. The van der Waals surface area contributed by atoms with Crippen LogP contribution < -0.4 is 16.6 Å². The quantitative estimate of drug-likeness (QED) is 0.514. The Morgan fingerprint density at radius 3 is 3.05 bits per heavy atom. The van der Waals surface area contributed by atoms with Gasteiger partial charge in [-0.3, -0.25) is 14.8 Å². The number of aromatic nitrogens is 4. The van der Waals surface area contributed by atoms with E-state index in [0.717, 1.165) is 13.0 Å². The number of hydrogen-bond donors (Lipinski definition) is 4. The Labute approximate surface area is 116 Å². The van der Waals surface area contributed by atoms with Crippen molar-refractivity contribution >= 4 is 22.5 Å². The molecule has 3 aromatic rings. The molecule has 102 valence electrons. The van der Waals surface area contributed by atoms with Crippen molar-refractivity contribution in [2.24, 2.45) is 0 Å². The Balaban J connectivity index is 1.91. The molecule has 0 radical (unpaired) electrons. The highest BCUT2D eigenvalue weighted by atomic mass is 32.1. The van der Waals surface area contributed by atoms with Gasteiger partial charge in [-0.2, -0.15) is 0 Å². The van der Waals surface area contributed by atoms with Gasteiger partial charge in [0.15, 0.2) is 5.65 Å². The molecule has 4 N–H and O–H groups in total. The summed E-state index contributed by atoms with van der Waals surface area (Å²) in [6.07, 6.45) is 1.00. The molecule has 1 unspecified atom stereocenters. The minimum Gasteiger partial charge on any atom is -0.334 e. The van der Waals surface area contributed by atoms with Crippen LogP contribution in [0.5, 0.6) is 0 Å². The Kier molecular flexibility index (Phi) is 2.41. The fourth-order valence-corrected chi connectivity index (χ4v) is 3.50. The average molecular weight is 289 g/mol. The van der Waals surface area contributed by atoms with Gasteiger partial charge in [0.25, 0.3) is 5.56 Å². The van der Waals surface area contributed by atoms with Crippen molar-refractivity contribution in [3.8, 4) is 0 Å². The van der Waals surface area contributed by atoms with Crippen molar-refractivity contribution in [2.45, 2.75) is 12.5 Å². The molecule has 0 amide bonds. The van der Waals surface area contributed by atoms with Crippen LogP contribution in [0.25, 0.3) is 11.2 Å². The van der Waals surface area contributed by atoms with Gasteiger partial charge in [0.05, 0.1) is 6.04 Å². The van der Waals surface area contributed by atoms with Crippen LogP contribution in [0.3, 0.4) is 0 Å². The van der Waals surface area contributed by atoms with Gasteiger partial charge < -0.3 is 10.3 Å². The lowest BCUT2D eigenvalue weighted by molar-refractivity contribution is 0.555. The van der Waals surface area contributed by atoms with E-state index in [4.69, 9.17) is 0 Å². The lowest BCUT2D eigenvalue weighted by Gasteiger charge is -2.22. The molecule has 1 atom stereocenters. The highest BCUT2D eigenvalue weighted by Crippen LogP contribution is 2.30.